The first-order valence-electron chi connectivity index (χ1n) is 9.67. The van der Waals surface area contributed by atoms with Crippen LogP contribution in [0.15, 0.2) is 74.2 Å². The predicted molar refractivity (Wildman–Crippen MR) is 127 cm³/mol. The van der Waals surface area contributed by atoms with Gasteiger partial charge in [-0.25, -0.2) is 4.79 Å². The first-order chi connectivity index (χ1) is 15.9. The molecule has 0 fully saturated rings. The summed E-state index contributed by atoms with van der Waals surface area (Å²) in [4.78, 5) is 35.9. The van der Waals surface area contributed by atoms with Gasteiger partial charge in [0.2, 0.25) is 5.13 Å². The molecule has 4 rings (SSSR count). The number of thioether (sulfide) groups is 1. The van der Waals surface area contributed by atoms with Crippen molar-refractivity contribution in [3.05, 3.63) is 82.4 Å². The molecule has 0 radical (unpaired) electrons. The Balaban J connectivity index is 1.67. The molecule has 166 valence electrons. The van der Waals surface area contributed by atoms with Gasteiger partial charge in [-0.05, 0) is 40.1 Å². The summed E-state index contributed by atoms with van der Waals surface area (Å²) in [5, 5.41) is 19.7. The third-order valence-corrected chi connectivity index (χ3v) is 6.47. The van der Waals surface area contributed by atoms with E-state index >= 15 is 0 Å². The van der Waals surface area contributed by atoms with Gasteiger partial charge in [-0.15, -0.1) is 10.2 Å². The minimum Gasteiger partial charge on any atom is -0.481 e. The lowest BCUT2D eigenvalue weighted by atomic mass is 9.94. The molecule has 10 heteroatoms. The maximum atomic E-state index is 12.7. The summed E-state index contributed by atoms with van der Waals surface area (Å²) in [5.41, 5.74) is 2.94. The van der Waals surface area contributed by atoms with Crippen molar-refractivity contribution in [1.29, 1.82) is 0 Å². The number of carboxylic acids is 1. The van der Waals surface area contributed by atoms with Crippen molar-refractivity contribution in [3.63, 3.8) is 0 Å². The average molecular weight is 480 g/mol. The van der Waals surface area contributed by atoms with Crippen LogP contribution in [0, 0.1) is 0 Å². The molecule has 0 atom stereocenters. The number of amides is 1. The summed E-state index contributed by atoms with van der Waals surface area (Å²) in [6, 6.07) is 17.4. The lowest BCUT2D eigenvalue weighted by molar-refractivity contribution is -0.136. The summed E-state index contributed by atoms with van der Waals surface area (Å²) in [6.45, 7) is 0. The Bertz CT molecular complexity index is 1380. The Kier molecular flexibility index (Phi) is 6.66. The molecule has 0 unspecified atom stereocenters. The van der Waals surface area contributed by atoms with E-state index < -0.39 is 17.5 Å². The van der Waals surface area contributed by atoms with Crippen LogP contribution in [-0.2, 0) is 11.2 Å². The van der Waals surface area contributed by atoms with Gasteiger partial charge in [0.25, 0.3) is 5.91 Å². The quantitative estimate of drug-likeness (QED) is 0.295. The molecule has 0 bridgehead atoms. The average Bonchev–Trinajstić information content (AvgIpc) is 3.26. The Morgan fingerprint density at radius 1 is 1.03 bits per heavy atom. The maximum absolute atomic E-state index is 12.7. The number of nitrogens with one attached hydrogen (secondary N) is 1. The van der Waals surface area contributed by atoms with Crippen molar-refractivity contribution in [2.45, 2.75) is 10.8 Å². The summed E-state index contributed by atoms with van der Waals surface area (Å²) >= 11 is 2.63. The van der Waals surface area contributed by atoms with E-state index in [1.165, 1.54) is 35.2 Å². The highest BCUT2D eigenvalue weighted by Crippen LogP contribution is 2.32. The molecule has 2 aromatic carbocycles. The van der Waals surface area contributed by atoms with Gasteiger partial charge in [0.1, 0.15) is 0 Å². The van der Waals surface area contributed by atoms with Crippen LogP contribution in [0.5, 0.6) is 0 Å². The summed E-state index contributed by atoms with van der Waals surface area (Å²) in [5.74, 6) is -1.65. The van der Waals surface area contributed by atoms with Gasteiger partial charge in [-0.2, -0.15) is 0 Å². The zero-order chi connectivity index (χ0) is 23.4. The highest BCUT2D eigenvalue weighted by atomic mass is 32.2. The highest BCUT2D eigenvalue weighted by Gasteiger charge is 2.16. The third-order valence-electron chi connectivity index (χ3n) is 4.65. The van der Waals surface area contributed by atoms with Crippen LogP contribution in [0.3, 0.4) is 0 Å². The second-order valence-electron chi connectivity index (χ2n) is 6.87. The zero-order valence-corrected chi connectivity index (χ0v) is 18.9. The van der Waals surface area contributed by atoms with Gasteiger partial charge in [0.15, 0.2) is 10.1 Å². The largest absolute Gasteiger partial charge is 0.481 e. The molecular weight excluding hydrogens is 462 g/mol. The van der Waals surface area contributed by atoms with Crippen LogP contribution < -0.4 is 10.9 Å². The molecular formula is C23H17N3O5S2. The van der Waals surface area contributed by atoms with Crippen molar-refractivity contribution in [2.75, 3.05) is 11.6 Å². The van der Waals surface area contributed by atoms with Crippen molar-refractivity contribution in [3.8, 4) is 22.3 Å². The maximum Gasteiger partial charge on any atom is 0.336 e. The molecule has 0 spiro atoms. The lowest BCUT2D eigenvalue weighted by Crippen LogP contribution is -2.14. The SMILES string of the molecule is CSc1nnc(NC(=O)c2cc(-c3ccccc3-c3ccc(CC(=O)O)cc3)cc(=O)o2)s1. The molecule has 8 nitrogen and oxygen atoms in total. The monoisotopic (exact) mass is 479 g/mol. The minimum absolute atomic E-state index is 0.0623. The Morgan fingerprint density at radius 2 is 1.73 bits per heavy atom. The van der Waals surface area contributed by atoms with Crippen LogP contribution >= 0.6 is 23.1 Å². The third kappa shape index (κ3) is 5.36. The molecule has 4 aromatic rings. The predicted octanol–water partition coefficient (Wildman–Crippen LogP) is 4.43. The fourth-order valence-electron chi connectivity index (χ4n) is 3.21. The van der Waals surface area contributed by atoms with Crippen molar-refractivity contribution in [2.24, 2.45) is 0 Å². The van der Waals surface area contributed by atoms with Gasteiger partial charge >= 0.3 is 11.6 Å². The van der Waals surface area contributed by atoms with Crippen LogP contribution in [0.25, 0.3) is 22.3 Å². The number of hydrogen-bond acceptors (Lipinski definition) is 8. The number of nitrogens with zero attached hydrogens (tertiary/aromatic N) is 2. The van der Waals surface area contributed by atoms with Gasteiger partial charge in [-0.3, -0.25) is 14.9 Å². The molecule has 0 aliphatic carbocycles. The van der Waals surface area contributed by atoms with E-state index in [-0.39, 0.29) is 12.2 Å². The molecule has 0 aliphatic heterocycles. The number of rotatable bonds is 7. The number of anilines is 1. The van der Waals surface area contributed by atoms with E-state index in [4.69, 9.17) is 9.52 Å². The van der Waals surface area contributed by atoms with Crippen LogP contribution in [0.1, 0.15) is 16.1 Å². The molecule has 0 saturated heterocycles. The van der Waals surface area contributed by atoms with E-state index in [1.807, 2.05) is 42.7 Å². The number of carboxylic acid groups (broad SMARTS) is 1. The molecule has 0 saturated carbocycles. The molecule has 0 aliphatic rings. The van der Waals surface area contributed by atoms with Gasteiger partial charge in [0.05, 0.1) is 6.42 Å². The van der Waals surface area contributed by atoms with Crippen LogP contribution in [-0.4, -0.2) is 33.4 Å². The Morgan fingerprint density at radius 3 is 2.36 bits per heavy atom. The van der Waals surface area contributed by atoms with E-state index in [1.54, 1.807) is 12.1 Å². The smallest absolute Gasteiger partial charge is 0.336 e. The first kappa shape index (κ1) is 22.4. The molecule has 2 heterocycles. The van der Waals surface area contributed by atoms with Crippen molar-refractivity contribution >= 4 is 40.1 Å². The second kappa shape index (κ2) is 9.80. The van der Waals surface area contributed by atoms with Gasteiger partial charge < -0.3 is 9.52 Å². The van der Waals surface area contributed by atoms with E-state index in [0.717, 1.165) is 16.7 Å². The summed E-state index contributed by atoms with van der Waals surface area (Å²) < 4.78 is 5.83. The first-order valence-corrected chi connectivity index (χ1v) is 11.7. The topological polar surface area (TPSA) is 122 Å². The standard InChI is InChI=1S/C23H17N3O5S2/c1-32-23-26-25-22(33-23)24-21(30)18-11-15(12-20(29)31-18)17-5-3-2-4-16(17)14-8-6-13(7-9-14)10-19(27)28/h2-9,11-12H,10H2,1H3,(H,27,28)(H,24,25,30). The van der Waals surface area contributed by atoms with Crippen molar-refractivity contribution in [1.82, 2.24) is 10.2 Å². The van der Waals surface area contributed by atoms with Gasteiger partial charge in [-0.1, -0.05) is 71.6 Å². The fourth-order valence-corrected chi connectivity index (χ4v) is 4.37. The van der Waals surface area contributed by atoms with E-state index in [0.29, 0.717) is 20.6 Å². The molecule has 2 N–H and O–H groups in total. The normalized spacial score (nSPS) is 10.7. The number of carbonyl (C=O) groups is 2. The number of benzene rings is 2. The highest BCUT2D eigenvalue weighted by molar-refractivity contribution is 8.00. The van der Waals surface area contributed by atoms with Crippen molar-refractivity contribution < 1.29 is 19.1 Å². The van der Waals surface area contributed by atoms with Gasteiger partial charge in [0, 0.05) is 6.07 Å². The van der Waals surface area contributed by atoms with E-state index in [2.05, 4.69) is 15.5 Å². The number of aromatic nitrogens is 2. The fraction of sp³-hybridized carbons (Fsp3) is 0.0870. The zero-order valence-electron chi connectivity index (χ0n) is 17.3. The van der Waals surface area contributed by atoms with Crippen LogP contribution in [0.2, 0.25) is 0 Å². The van der Waals surface area contributed by atoms with Crippen LogP contribution in [0.4, 0.5) is 5.13 Å². The number of aliphatic carboxylic acids is 1. The number of carbonyl (C=O) groups excluding carboxylic acids is 1. The summed E-state index contributed by atoms with van der Waals surface area (Å²) in [7, 11) is 0. The second-order valence-corrected chi connectivity index (χ2v) is 8.90. The molecule has 2 aromatic heterocycles. The molecule has 1 amide bonds. The summed E-state index contributed by atoms with van der Waals surface area (Å²) in [6.07, 6.45) is 1.79. The minimum atomic E-state index is -0.900. The lowest BCUT2D eigenvalue weighted by Gasteiger charge is -2.11. The Labute approximate surface area is 196 Å². The molecule has 33 heavy (non-hydrogen) atoms. The Hall–Kier alpha value is -3.76. The van der Waals surface area contributed by atoms with E-state index in [9.17, 15) is 14.4 Å². The number of hydrogen-bond donors (Lipinski definition) is 2.